The van der Waals surface area contributed by atoms with Crippen LogP contribution in [0.5, 0.6) is 0 Å². The Balaban J connectivity index is 1.10. The van der Waals surface area contributed by atoms with Crippen LogP contribution in [0.2, 0.25) is 5.02 Å². The van der Waals surface area contributed by atoms with Gasteiger partial charge in [-0.3, -0.25) is 4.79 Å². The van der Waals surface area contributed by atoms with E-state index in [0.717, 1.165) is 49.2 Å². The lowest BCUT2D eigenvalue weighted by atomic mass is 9.97. The van der Waals surface area contributed by atoms with Gasteiger partial charge in [0.2, 0.25) is 5.91 Å². The number of nitrogens with zero attached hydrogens (tertiary/aromatic N) is 4. The maximum atomic E-state index is 14.1. The highest BCUT2D eigenvalue weighted by atomic mass is 35.5. The summed E-state index contributed by atoms with van der Waals surface area (Å²) in [5.74, 6) is 2.48. The Bertz CT molecular complexity index is 1500. The van der Waals surface area contributed by atoms with E-state index in [-0.39, 0.29) is 30.4 Å². The third-order valence-corrected chi connectivity index (χ3v) is 10.7. The van der Waals surface area contributed by atoms with Crippen LogP contribution in [0.25, 0.3) is 0 Å². The predicted molar refractivity (Wildman–Crippen MR) is 185 cm³/mol. The van der Waals surface area contributed by atoms with Crippen molar-refractivity contribution in [3.8, 4) is 12.3 Å². The van der Waals surface area contributed by atoms with E-state index in [4.69, 9.17) is 23.8 Å². The van der Waals surface area contributed by atoms with Gasteiger partial charge in [0.1, 0.15) is 6.04 Å². The predicted octanol–water partition coefficient (Wildman–Crippen LogP) is 4.56. The summed E-state index contributed by atoms with van der Waals surface area (Å²) in [5.41, 5.74) is 9.60. The van der Waals surface area contributed by atoms with Gasteiger partial charge < -0.3 is 36.0 Å². The number of piperidine rings is 3. The number of nitrogens with one attached hydrogen (secondary N) is 2. The average molecular weight is 660 g/mol. The number of para-hydroxylation sites is 1. The molecule has 250 valence electrons. The van der Waals surface area contributed by atoms with E-state index in [9.17, 15) is 14.4 Å². The molecule has 1 atom stereocenters. The van der Waals surface area contributed by atoms with Gasteiger partial charge in [-0.1, -0.05) is 42.1 Å². The molecule has 0 bridgehead atoms. The highest BCUT2D eigenvalue weighted by molar-refractivity contribution is 6.33. The van der Waals surface area contributed by atoms with E-state index in [2.05, 4.69) is 21.5 Å². The molecule has 0 radical (unpaired) electrons. The fourth-order valence-electron chi connectivity index (χ4n) is 7.66. The third kappa shape index (κ3) is 7.63. The molecule has 11 heteroatoms. The number of urea groups is 2. The zero-order valence-electron chi connectivity index (χ0n) is 27.1. The van der Waals surface area contributed by atoms with Gasteiger partial charge in [-0.05, 0) is 87.4 Å². The summed E-state index contributed by atoms with van der Waals surface area (Å²) in [7, 11) is 0. The summed E-state index contributed by atoms with van der Waals surface area (Å²) >= 11 is 6.40. The van der Waals surface area contributed by atoms with Gasteiger partial charge in [-0.15, -0.1) is 6.42 Å². The van der Waals surface area contributed by atoms with Gasteiger partial charge in [-0.2, -0.15) is 0 Å². The maximum Gasteiger partial charge on any atom is 0.322 e. The molecule has 6 rings (SSSR count). The van der Waals surface area contributed by atoms with E-state index in [1.54, 1.807) is 17.0 Å². The molecule has 0 saturated carbocycles. The van der Waals surface area contributed by atoms with Crippen LogP contribution >= 0.6 is 11.6 Å². The second-order valence-electron chi connectivity index (χ2n) is 13.3. The van der Waals surface area contributed by atoms with E-state index in [1.165, 1.54) is 19.3 Å². The number of hydrogen-bond donors (Lipinski definition) is 3. The Kier molecular flexibility index (Phi) is 10.4. The Morgan fingerprint density at radius 2 is 1.64 bits per heavy atom. The van der Waals surface area contributed by atoms with Crippen LogP contribution in [0.3, 0.4) is 0 Å². The number of rotatable bonds is 6. The first-order valence-corrected chi connectivity index (χ1v) is 17.5. The van der Waals surface area contributed by atoms with Crippen molar-refractivity contribution in [1.29, 1.82) is 0 Å². The van der Waals surface area contributed by atoms with Gasteiger partial charge >= 0.3 is 12.1 Å². The summed E-state index contributed by atoms with van der Waals surface area (Å²) in [4.78, 5) is 49.0. The number of benzene rings is 2. The Morgan fingerprint density at radius 3 is 2.36 bits per heavy atom. The van der Waals surface area contributed by atoms with Gasteiger partial charge in [0.05, 0.1) is 10.7 Å². The molecular formula is C36H46ClN7O3. The minimum absolute atomic E-state index is 0.0334. The molecule has 47 heavy (non-hydrogen) atoms. The normalized spacial score (nSPS) is 20.5. The fraction of sp³-hybridized carbons (Fsp3) is 0.528. The molecule has 5 amide bonds. The lowest BCUT2D eigenvalue weighted by molar-refractivity contribution is -0.134. The number of halogens is 1. The molecule has 2 aromatic rings. The number of carbonyl (C=O) groups excluding carboxylic acids is 3. The summed E-state index contributed by atoms with van der Waals surface area (Å²) in [5, 5.41) is 6.45. The van der Waals surface area contributed by atoms with Crippen molar-refractivity contribution in [2.24, 2.45) is 0 Å². The van der Waals surface area contributed by atoms with Crippen molar-refractivity contribution >= 4 is 40.9 Å². The maximum absolute atomic E-state index is 14.1. The molecule has 0 aromatic heterocycles. The van der Waals surface area contributed by atoms with Gasteiger partial charge in [0.15, 0.2) is 0 Å². The molecule has 0 unspecified atom stereocenters. The molecule has 2 aromatic carbocycles. The molecular weight excluding hydrogens is 614 g/mol. The Labute approximate surface area is 282 Å². The van der Waals surface area contributed by atoms with E-state index >= 15 is 0 Å². The highest BCUT2D eigenvalue weighted by Gasteiger charge is 2.35. The Morgan fingerprint density at radius 1 is 0.957 bits per heavy atom. The standard InChI is InChI=1S/C36H46ClN7O3/c1-2-26-22-25(23-30(37)33(26)38)24-32(34(45)42-17-11-28(12-18-42)41-15-6-3-7-16-41)40-35(46)43-19-13-29(14-20-43)44-21-10-27-8-4-5-9-31(27)39-36(44)47/h1,4-5,8-9,22-23,28-29,32H,3,6-7,10-21,24,38H2,(H,39,47)(H,40,46)/t32-/m1/s1. The van der Waals surface area contributed by atoms with Crippen LogP contribution in [0.15, 0.2) is 36.4 Å². The lowest BCUT2D eigenvalue weighted by Gasteiger charge is -2.41. The second kappa shape index (κ2) is 14.9. The second-order valence-corrected chi connectivity index (χ2v) is 13.7. The fourth-order valence-corrected chi connectivity index (χ4v) is 7.90. The SMILES string of the molecule is C#Cc1cc(C[C@@H](NC(=O)N2CCC(N3CCc4ccccc4NC3=O)CC2)C(=O)N2CCC(N3CCCCC3)CC2)cc(Cl)c1N. The molecule has 3 saturated heterocycles. The van der Waals surface area contributed by atoms with Crippen LogP contribution in [0.1, 0.15) is 61.6 Å². The summed E-state index contributed by atoms with van der Waals surface area (Å²) in [6, 6.07) is 10.8. The van der Waals surface area contributed by atoms with Crippen LogP contribution in [-0.2, 0) is 17.6 Å². The summed E-state index contributed by atoms with van der Waals surface area (Å²) < 4.78 is 0. The van der Waals surface area contributed by atoms with Crippen molar-refractivity contribution in [3.63, 3.8) is 0 Å². The van der Waals surface area contributed by atoms with Crippen molar-refractivity contribution in [2.45, 2.75) is 75.9 Å². The number of fused-ring (bicyclic) bond motifs is 1. The molecule has 4 aliphatic rings. The van der Waals surface area contributed by atoms with Crippen molar-refractivity contribution in [1.82, 2.24) is 24.9 Å². The first kappa shape index (κ1) is 33.0. The van der Waals surface area contributed by atoms with Crippen LogP contribution < -0.4 is 16.4 Å². The molecule has 3 fully saturated rings. The van der Waals surface area contributed by atoms with Crippen molar-refractivity contribution < 1.29 is 14.4 Å². The first-order chi connectivity index (χ1) is 22.8. The van der Waals surface area contributed by atoms with E-state index in [0.29, 0.717) is 67.9 Å². The average Bonchev–Trinajstić information content (AvgIpc) is 3.27. The van der Waals surface area contributed by atoms with Crippen LogP contribution in [-0.4, -0.2) is 102 Å². The quantitative estimate of drug-likeness (QED) is 0.311. The minimum atomic E-state index is -0.785. The number of nitrogen functional groups attached to an aromatic ring is 1. The smallest absolute Gasteiger partial charge is 0.322 e. The van der Waals surface area contributed by atoms with E-state index in [1.807, 2.05) is 34.1 Å². The minimum Gasteiger partial charge on any atom is -0.397 e. The molecule has 10 nitrogen and oxygen atoms in total. The highest BCUT2D eigenvalue weighted by Crippen LogP contribution is 2.28. The number of anilines is 2. The molecule has 4 heterocycles. The topological polar surface area (TPSA) is 114 Å². The molecule has 4 N–H and O–H groups in total. The Hall–Kier alpha value is -3.94. The number of nitrogens with two attached hydrogens (primary N) is 1. The number of amides is 5. The molecule has 0 aliphatic carbocycles. The van der Waals surface area contributed by atoms with Gasteiger partial charge in [0, 0.05) is 62.5 Å². The monoisotopic (exact) mass is 659 g/mol. The van der Waals surface area contributed by atoms with Crippen LogP contribution in [0, 0.1) is 12.3 Å². The summed E-state index contributed by atoms with van der Waals surface area (Å²) in [6.07, 6.45) is 13.7. The zero-order valence-corrected chi connectivity index (χ0v) is 27.8. The molecule has 0 spiro atoms. The first-order valence-electron chi connectivity index (χ1n) is 17.1. The number of hydrogen-bond acceptors (Lipinski definition) is 5. The zero-order chi connectivity index (χ0) is 32.9. The lowest BCUT2D eigenvalue weighted by Crippen LogP contribution is -2.57. The largest absolute Gasteiger partial charge is 0.397 e. The van der Waals surface area contributed by atoms with Gasteiger partial charge in [0.25, 0.3) is 0 Å². The molecule has 4 aliphatic heterocycles. The van der Waals surface area contributed by atoms with Crippen LogP contribution in [0.4, 0.5) is 21.0 Å². The number of carbonyl (C=O) groups is 3. The van der Waals surface area contributed by atoms with Crippen molar-refractivity contribution in [3.05, 3.63) is 58.1 Å². The number of likely N-dealkylation sites (tertiary alicyclic amines) is 3. The summed E-state index contributed by atoms with van der Waals surface area (Å²) in [6.45, 7) is 5.22. The van der Waals surface area contributed by atoms with Gasteiger partial charge in [-0.25, -0.2) is 9.59 Å². The third-order valence-electron chi connectivity index (χ3n) is 10.4. The van der Waals surface area contributed by atoms with Crippen molar-refractivity contribution in [2.75, 3.05) is 56.9 Å². The number of terminal acetylenes is 1. The van der Waals surface area contributed by atoms with E-state index < -0.39 is 6.04 Å².